The molecule has 5 nitrogen and oxygen atoms in total. The van der Waals surface area contributed by atoms with Gasteiger partial charge < -0.3 is 9.88 Å². The van der Waals surface area contributed by atoms with Gasteiger partial charge in [-0.25, -0.2) is 0 Å². The maximum atomic E-state index is 12.4. The van der Waals surface area contributed by atoms with E-state index in [-0.39, 0.29) is 11.7 Å². The lowest BCUT2D eigenvalue weighted by molar-refractivity contribution is -0.113. The maximum absolute atomic E-state index is 12.4. The first kappa shape index (κ1) is 25.3. The van der Waals surface area contributed by atoms with E-state index in [9.17, 15) is 4.79 Å². The molecular formula is C21H18Cl4N4OS2. The van der Waals surface area contributed by atoms with Gasteiger partial charge in [0.05, 0.1) is 32.3 Å². The zero-order chi connectivity index (χ0) is 23.1. The largest absolute Gasteiger partial charge is 0.324 e. The first-order valence-electron chi connectivity index (χ1n) is 9.29. The number of nitrogens with zero attached hydrogens (tertiary/aromatic N) is 3. The van der Waals surface area contributed by atoms with Gasteiger partial charge in [0.15, 0.2) is 5.16 Å². The third-order valence-electron chi connectivity index (χ3n) is 4.12. The summed E-state index contributed by atoms with van der Waals surface area (Å²) in [6.07, 6.45) is 1.77. The zero-order valence-corrected chi connectivity index (χ0v) is 21.3. The van der Waals surface area contributed by atoms with Crippen molar-refractivity contribution in [1.29, 1.82) is 0 Å². The number of anilines is 1. The van der Waals surface area contributed by atoms with E-state index in [2.05, 4.69) is 22.1 Å². The highest BCUT2D eigenvalue weighted by molar-refractivity contribution is 7.99. The molecule has 3 rings (SSSR count). The van der Waals surface area contributed by atoms with Crippen molar-refractivity contribution in [3.8, 4) is 0 Å². The summed E-state index contributed by atoms with van der Waals surface area (Å²) in [5.41, 5.74) is 1.54. The van der Waals surface area contributed by atoms with Crippen LogP contribution in [0.1, 0.15) is 11.4 Å². The molecular weight excluding hydrogens is 530 g/mol. The lowest BCUT2D eigenvalue weighted by Gasteiger charge is -2.09. The molecule has 1 amide bonds. The zero-order valence-electron chi connectivity index (χ0n) is 16.7. The lowest BCUT2D eigenvalue weighted by Crippen LogP contribution is -2.15. The molecule has 0 fully saturated rings. The van der Waals surface area contributed by atoms with Gasteiger partial charge in [-0.15, -0.1) is 28.5 Å². The van der Waals surface area contributed by atoms with E-state index < -0.39 is 0 Å². The number of carbonyl (C=O) groups is 1. The van der Waals surface area contributed by atoms with Gasteiger partial charge in [0.1, 0.15) is 5.82 Å². The van der Waals surface area contributed by atoms with Crippen molar-refractivity contribution in [2.45, 2.75) is 23.2 Å². The van der Waals surface area contributed by atoms with Crippen LogP contribution in [0.2, 0.25) is 20.1 Å². The van der Waals surface area contributed by atoms with Gasteiger partial charge in [-0.3, -0.25) is 4.79 Å². The Hall–Kier alpha value is -1.35. The summed E-state index contributed by atoms with van der Waals surface area (Å²) < 4.78 is 1.94. The van der Waals surface area contributed by atoms with Crippen LogP contribution in [0.5, 0.6) is 0 Å². The van der Waals surface area contributed by atoms with E-state index in [0.29, 0.717) is 43.2 Å². The Morgan fingerprint density at radius 3 is 2.56 bits per heavy atom. The second kappa shape index (κ2) is 12.2. The van der Waals surface area contributed by atoms with Crippen molar-refractivity contribution < 1.29 is 4.79 Å². The molecule has 0 radical (unpaired) electrons. The maximum Gasteiger partial charge on any atom is 0.234 e. The van der Waals surface area contributed by atoms with E-state index >= 15 is 0 Å². The molecule has 0 atom stereocenters. The summed E-state index contributed by atoms with van der Waals surface area (Å²) in [5, 5.41) is 13.9. The van der Waals surface area contributed by atoms with Crippen molar-refractivity contribution in [1.82, 2.24) is 14.8 Å². The molecule has 0 saturated heterocycles. The molecule has 1 heterocycles. The van der Waals surface area contributed by atoms with E-state index in [1.807, 2.05) is 16.7 Å². The number of carbonyl (C=O) groups excluding carboxylic acids is 1. The number of hydrogen-bond acceptors (Lipinski definition) is 5. The predicted octanol–water partition coefficient (Wildman–Crippen LogP) is 7.24. The van der Waals surface area contributed by atoms with Crippen LogP contribution >= 0.6 is 69.9 Å². The van der Waals surface area contributed by atoms with Crippen LogP contribution in [0.3, 0.4) is 0 Å². The molecule has 3 aromatic rings. The standard InChI is InChI=1S/C21H18Cl4N4OS2/c1-2-7-29-19(11-31-10-13-3-5-15(23)17(25)8-13)27-28-21(29)32-12-20(30)26-18-9-14(22)4-6-16(18)24/h2-6,8-9H,1,7,10-12H2,(H,26,30). The smallest absolute Gasteiger partial charge is 0.234 e. The first-order chi connectivity index (χ1) is 15.4. The van der Waals surface area contributed by atoms with Crippen molar-refractivity contribution >= 4 is 81.5 Å². The van der Waals surface area contributed by atoms with Gasteiger partial charge in [0.2, 0.25) is 5.91 Å². The number of benzene rings is 2. The third kappa shape index (κ3) is 7.07. The number of allylic oxidation sites excluding steroid dienone is 1. The average molecular weight is 548 g/mol. The minimum absolute atomic E-state index is 0.147. The topological polar surface area (TPSA) is 59.8 Å². The van der Waals surface area contributed by atoms with Crippen molar-refractivity contribution in [2.24, 2.45) is 0 Å². The molecule has 0 spiro atoms. The van der Waals surface area contributed by atoms with E-state index in [1.54, 1.807) is 42.1 Å². The van der Waals surface area contributed by atoms with Gasteiger partial charge in [-0.2, -0.15) is 0 Å². The van der Waals surface area contributed by atoms with Gasteiger partial charge >= 0.3 is 0 Å². The molecule has 1 aromatic heterocycles. The molecule has 0 aliphatic rings. The van der Waals surface area contributed by atoms with Crippen molar-refractivity contribution in [3.63, 3.8) is 0 Å². The van der Waals surface area contributed by atoms with Crippen LogP contribution in [-0.2, 0) is 22.8 Å². The number of hydrogen-bond donors (Lipinski definition) is 1. The minimum atomic E-state index is -0.220. The molecule has 32 heavy (non-hydrogen) atoms. The Morgan fingerprint density at radius 2 is 1.81 bits per heavy atom. The number of aromatic nitrogens is 3. The molecule has 1 N–H and O–H groups in total. The predicted molar refractivity (Wildman–Crippen MR) is 137 cm³/mol. The number of amides is 1. The molecule has 0 unspecified atom stereocenters. The SMILES string of the molecule is C=CCn1c(CSCc2ccc(Cl)c(Cl)c2)nnc1SCC(=O)Nc1cc(Cl)ccc1Cl. The Labute approximate surface area is 214 Å². The Bertz CT molecular complexity index is 1120. The highest BCUT2D eigenvalue weighted by Crippen LogP contribution is 2.28. The summed E-state index contributed by atoms with van der Waals surface area (Å²) in [6.45, 7) is 4.35. The monoisotopic (exact) mass is 546 g/mol. The molecule has 0 aliphatic carbocycles. The first-order valence-corrected chi connectivity index (χ1v) is 12.9. The number of halogens is 4. The Morgan fingerprint density at radius 1 is 1.03 bits per heavy atom. The van der Waals surface area contributed by atoms with Crippen LogP contribution in [-0.4, -0.2) is 26.4 Å². The highest BCUT2D eigenvalue weighted by atomic mass is 35.5. The summed E-state index contributed by atoms with van der Waals surface area (Å²) >= 11 is 27.1. The average Bonchev–Trinajstić information content (AvgIpc) is 3.14. The highest BCUT2D eigenvalue weighted by Gasteiger charge is 2.14. The molecule has 2 aromatic carbocycles. The third-order valence-corrected chi connectivity index (χ3v) is 7.39. The van der Waals surface area contributed by atoms with Gasteiger partial charge in [0, 0.05) is 17.3 Å². The molecule has 0 bridgehead atoms. The summed E-state index contributed by atoms with van der Waals surface area (Å²) in [7, 11) is 0. The lowest BCUT2D eigenvalue weighted by atomic mass is 10.2. The number of nitrogens with one attached hydrogen (secondary N) is 1. The Balaban J connectivity index is 1.58. The number of rotatable bonds is 10. The van der Waals surface area contributed by atoms with E-state index in [4.69, 9.17) is 46.4 Å². The second-order valence-corrected chi connectivity index (χ2v) is 10.1. The fraction of sp³-hybridized carbons (Fsp3) is 0.190. The summed E-state index contributed by atoms with van der Waals surface area (Å²) in [5.74, 6) is 2.13. The summed E-state index contributed by atoms with van der Waals surface area (Å²) in [6, 6.07) is 10.5. The van der Waals surface area contributed by atoms with Crippen LogP contribution in [0.4, 0.5) is 5.69 Å². The fourth-order valence-electron chi connectivity index (χ4n) is 2.64. The van der Waals surface area contributed by atoms with Crippen LogP contribution in [0, 0.1) is 0 Å². The van der Waals surface area contributed by atoms with E-state index in [0.717, 1.165) is 17.1 Å². The molecule has 168 valence electrons. The quantitative estimate of drug-likeness (QED) is 0.214. The molecule has 0 saturated carbocycles. The normalized spacial score (nSPS) is 10.9. The van der Waals surface area contributed by atoms with Gasteiger partial charge in [0.25, 0.3) is 0 Å². The minimum Gasteiger partial charge on any atom is -0.324 e. The van der Waals surface area contributed by atoms with Gasteiger partial charge in [-0.05, 0) is 35.9 Å². The van der Waals surface area contributed by atoms with Gasteiger partial charge in [-0.1, -0.05) is 70.3 Å². The number of thioether (sulfide) groups is 2. The van der Waals surface area contributed by atoms with Crippen LogP contribution < -0.4 is 5.32 Å². The fourth-order valence-corrected chi connectivity index (χ4v) is 4.98. The summed E-state index contributed by atoms with van der Waals surface area (Å²) in [4.78, 5) is 12.4. The molecule has 0 aliphatic heterocycles. The molecule has 11 heteroatoms. The van der Waals surface area contributed by atoms with Crippen LogP contribution in [0.15, 0.2) is 54.2 Å². The van der Waals surface area contributed by atoms with Crippen molar-refractivity contribution in [3.05, 3.63) is 80.5 Å². The van der Waals surface area contributed by atoms with Crippen LogP contribution in [0.25, 0.3) is 0 Å². The second-order valence-electron chi connectivity index (χ2n) is 6.50. The Kier molecular flexibility index (Phi) is 9.64. The van der Waals surface area contributed by atoms with E-state index in [1.165, 1.54) is 11.8 Å². The van der Waals surface area contributed by atoms with Crippen molar-refractivity contribution in [2.75, 3.05) is 11.1 Å².